The Labute approximate surface area is 176 Å². The van der Waals surface area contributed by atoms with Gasteiger partial charge in [0.25, 0.3) is 11.8 Å². The van der Waals surface area contributed by atoms with E-state index in [1.807, 2.05) is 35.2 Å². The van der Waals surface area contributed by atoms with Crippen LogP contribution in [0.15, 0.2) is 72.9 Å². The maximum atomic E-state index is 13.0. The minimum absolute atomic E-state index is 0.0648. The lowest BCUT2D eigenvalue weighted by Gasteiger charge is -2.29. The van der Waals surface area contributed by atoms with E-state index in [0.717, 1.165) is 19.3 Å². The quantitative estimate of drug-likeness (QED) is 0.644. The van der Waals surface area contributed by atoms with Crippen LogP contribution >= 0.6 is 0 Å². The van der Waals surface area contributed by atoms with E-state index in [4.69, 9.17) is 0 Å². The van der Waals surface area contributed by atoms with Gasteiger partial charge in [-0.15, -0.1) is 0 Å². The molecule has 1 aliphatic heterocycles. The van der Waals surface area contributed by atoms with Gasteiger partial charge < -0.3 is 10.2 Å². The third-order valence-electron chi connectivity index (χ3n) is 5.43. The van der Waals surface area contributed by atoms with Gasteiger partial charge in [0.2, 0.25) is 0 Å². The number of aromatic nitrogens is 1. The summed E-state index contributed by atoms with van der Waals surface area (Å²) in [6.45, 7) is 1.84. The van der Waals surface area contributed by atoms with Crippen molar-refractivity contribution in [3.8, 4) is 0 Å². The summed E-state index contributed by atoms with van der Waals surface area (Å²) >= 11 is 0. The first-order valence-electron chi connectivity index (χ1n) is 10.3. The molecule has 2 amide bonds. The highest BCUT2D eigenvalue weighted by molar-refractivity contribution is 5.98. The van der Waals surface area contributed by atoms with Crippen molar-refractivity contribution in [3.05, 3.63) is 101 Å². The zero-order valence-electron chi connectivity index (χ0n) is 16.9. The van der Waals surface area contributed by atoms with Crippen LogP contribution in [0, 0.1) is 0 Å². The Morgan fingerprint density at radius 3 is 2.57 bits per heavy atom. The lowest BCUT2D eigenvalue weighted by molar-refractivity contribution is 0.0734. The standard InChI is InChI=1S/C25H25N3O2/c29-24(27-14-6-9-19-7-2-1-3-8-19)23-17-21(12-15-26-23)25(30)28-16-13-20-10-4-5-11-22(20)18-28/h1-5,7-8,10-12,15,17H,6,9,13-14,16,18H2,(H,27,29). The van der Waals surface area contributed by atoms with Gasteiger partial charge in [0.1, 0.15) is 5.69 Å². The van der Waals surface area contributed by atoms with Crippen LogP contribution in [-0.2, 0) is 19.4 Å². The van der Waals surface area contributed by atoms with Crippen LogP contribution in [0.5, 0.6) is 0 Å². The maximum absolute atomic E-state index is 13.0. The molecule has 1 aliphatic rings. The molecule has 0 bridgehead atoms. The Bertz CT molecular complexity index is 1030. The largest absolute Gasteiger partial charge is 0.351 e. The molecule has 0 radical (unpaired) electrons. The van der Waals surface area contributed by atoms with Crippen molar-refractivity contribution in [1.29, 1.82) is 0 Å². The van der Waals surface area contributed by atoms with Crippen molar-refractivity contribution in [2.24, 2.45) is 0 Å². The highest BCUT2D eigenvalue weighted by Crippen LogP contribution is 2.20. The third kappa shape index (κ3) is 4.74. The summed E-state index contributed by atoms with van der Waals surface area (Å²) in [5, 5.41) is 2.90. The predicted molar refractivity (Wildman–Crippen MR) is 116 cm³/mol. The van der Waals surface area contributed by atoms with Crippen LogP contribution in [0.3, 0.4) is 0 Å². The molecule has 0 atom stereocenters. The topological polar surface area (TPSA) is 62.3 Å². The van der Waals surface area contributed by atoms with Crippen molar-refractivity contribution >= 4 is 11.8 Å². The number of aryl methyl sites for hydroxylation is 1. The fraction of sp³-hybridized carbons (Fsp3) is 0.240. The molecule has 4 rings (SSSR count). The molecule has 2 aromatic carbocycles. The summed E-state index contributed by atoms with van der Waals surface area (Å²) in [6.07, 6.45) is 4.14. The van der Waals surface area contributed by atoms with Gasteiger partial charge >= 0.3 is 0 Å². The Kier molecular flexibility index (Phi) is 6.18. The molecule has 0 saturated carbocycles. The average Bonchev–Trinajstić information content (AvgIpc) is 2.81. The lowest BCUT2D eigenvalue weighted by Crippen LogP contribution is -2.36. The number of rotatable bonds is 6. The van der Waals surface area contributed by atoms with Gasteiger partial charge in [-0.3, -0.25) is 14.6 Å². The third-order valence-corrected chi connectivity index (χ3v) is 5.43. The first kappa shape index (κ1) is 19.8. The molecule has 30 heavy (non-hydrogen) atoms. The highest BCUT2D eigenvalue weighted by Gasteiger charge is 2.22. The molecule has 0 aliphatic carbocycles. The predicted octanol–water partition coefficient (Wildman–Crippen LogP) is 3.64. The number of carbonyl (C=O) groups is 2. The summed E-state index contributed by atoms with van der Waals surface area (Å²) in [7, 11) is 0. The monoisotopic (exact) mass is 399 g/mol. The molecular formula is C25H25N3O2. The van der Waals surface area contributed by atoms with E-state index in [1.54, 1.807) is 12.1 Å². The first-order valence-corrected chi connectivity index (χ1v) is 10.3. The Morgan fingerprint density at radius 1 is 0.967 bits per heavy atom. The fourth-order valence-electron chi connectivity index (χ4n) is 3.77. The molecule has 1 N–H and O–H groups in total. The van der Waals surface area contributed by atoms with Crippen molar-refractivity contribution in [2.75, 3.05) is 13.1 Å². The molecule has 152 valence electrons. The van der Waals surface area contributed by atoms with Gasteiger partial charge in [0.05, 0.1) is 0 Å². The Morgan fingerprint density at radius 2 is 1.73 bits per heavy atom. The second-order valence-electron chi connectivity index (χ2n) is 7.52. The second-order valence-corrected chi connectivity index (χ2v) is 7.52. The number of pyridine rings is 1. The maximum Gasteiger partial charge on any atom is 0.269 e. The molecule has 0 fully saturated rings. The summed E-state index contributed by atoms with van der Waals surface area (Å²) in [5.74, 6) is -0.313. The van der Waals surface area contributed by atoms with Gasteiger partial charge in [-0.25, -0.2) is 0 Å². The van der Waals surface area contributed by atoms with Crippen LogP contribution in [0.2, 0.25) is 0 Å². The molecule has 0 saturated heterocycles. The Hall–Kier alpha value is -3.47. The molecule has 1 aromatic heterocycles. The summed E-state index contributed by atoms with van der Waals surface area (Å²) in [4.78, 5) is 31.4. The second kappa shape index (κ2) is 9.35. The summed E-state index contributed by atoms with van der Waals surface area (Å²) in [6, 6.07) is 21.7. The molecule has 3 aromatic rings. The van der Waals surface area contributed by atoms with E-state index in [9.17, 15) is 9.59 Å². The van der Waals surface area contributed by atoms with Crippen molar-refractivity contribution in [2.45, 2.75) is 25.8 Å². The van der Waals surface area contributed by atoms with Gasteiger partial charge in [0, 0.05) is 31.4 Å². The van der Waals surface area contributed by atoms with E-state index in [-0.39, 0.29) is 17.5 Å². The van der Waals surface area contributed by atoms with Crippen LogP contribution in [0.4, 0.5) is 0 Å². The number of hydrogen-bond acceptors (Lipinski definition) is 3. The minimum Gasteiger partial charge on any atom is -0.351 e. The van der Waals surface area contributed by atoms with Crippen molar-refractivity contribution < 1.29 is 9.59 Å². The lowest BCUT2D eigenvalue weighted by atomic mass is 9.99. The van der Waals surface area contributed by atoms with Crippen molar-refractivity contribution in [1.82, 2.24) is 15.2 Å². The first-order chi connectivity index (χ1) is 14.7. The molecule has 0 spiro atoms. The summed E-state index contributed by atoms with van der Waals surface area (Å²) < 4.78 is 0. The molecule has 5 heteroatoms. The summed E-state index contributed by atoms with van der Waals surface area (Å²) in [5.41, 5.74) is 4.51. The smallest absolute Gasteiger partial charge is 0.269 e. The van der Waals surface area contributed by atoms with Crippen LogP contribution in [-0.4, -0.2) is 34.8 Å². The van der Waals surface area contributed by atoms with E-state index in [0.29, 0.717) is 25.2 Å². The number of nitrogens with one attached hydrogen (secondary N) is 1. The molecule has 0 unspecified atom stereocenters. The normalized spacial score (nSPS) is 12.9. The van der Waals surface area contributed by atoms with Crippen LogP contribution in [0.25, 0.3) is 0 Å². The van der Waals surface area contributed by atoms with Crippen LogP contribution in [0.1, 0.15) is 44.0 Å². The number of amides is 2. The van der Waals surface area contributed by atoms with E-state index in [2.05, 4.69) is 34.6 Å². The van der Waals surface area contributed by atoms with Crippen LogP contribution < -0.4 is 5.32 Å². The van der Waals surface area contributed by atoms with E-state index in [1.165, 1.54) is 22.9 Å². The van der Waals surface area contributed by atoms with Gasteiger partial charge in [-0.1, -0.05) is 54.6 Å². The SMILES string of the molecule is O=C(NCCCc1ccccc1)c1cc(C(=O)N2CCc3ccccc3C2)ccn1. The van der Waals surface area contributed by atoms with Gasteiger partial charge in [0.15, 0.2) is 0 Å². The van der Waals surface area contributed by atoms with Crippen molar-refractivity contribution in [3.63, 3.8) is 0 Å². The molecule has 2 heterocycles. The van der Waals surface area contributed by atoms with E-state index < -0.39 is 0 Å². The number of benzene rings is 2. The highest BCUT2D eigenvalue weighted by atomic mass is 16.2. The number of carbonyl (C=O) groups excluding carboxylic acids is 2. The average molecular weight is 399 g/mol. The zero-order chi connectivity index (χ0) is 20.8. The molecule has 5 nitrogen and oxygen atoms in total. The number of nitrogens with zero attached hydrogens (tertiary/aromatic N) is 2. The van der Waals surface area contributed by atoms with Gasteiger partial charge in [-0.2, -0.15) is 0 Å². The molecular weight excluding hydrogens is 374 g/mol. The number of hydrogen-bond donors (Lipinski definition) is 1. The zero-order valence-corrected chi connectivity index (χ0v) is 16.9. The Balaban J connectivity index is 1.34. The van der Waals surface area contributed by atoms with E-state index >= 15 is 0 Å². The minimum atomic E-state index is -0.248. The fourth-order valence-corrected chi connectivity index (χ4v) is 3.77. The van der Waals surface area contributed by atoms with Gasteiger partial charge in [-0.05, 0) is 48.1 Å². The number of fused-ring (bicyclic) bond motifs is 1.